The third-order valence-corrected chi connectivity index (χ3v) is 2.52. The first-order valence-electron chi connectivity index (χ1n) is 5.30. The Balaban J connectivity index is 2.29. The van der Waals surface area contributed by atoms with E-state index in [9.17, 15) is 4.79 Å². The van der Waals surface area contributed by atoms with E-state index < -0.39 is 6.04 Å². The summed E-state index contributed by atoms with van der Waals surface area (Å²) in [6.45, 7) is 1.70. The Kier molecular flexibility index (Phi) is 2.97. The molecule has 1 atom stereocenters. The zero-order valence-electron chi connectivity index (χ0n) is 9.18. The van der Waals surface area contributed by atoms with Crippen LogP contribution in [-0.2, 0) is 11.2 Å². The van der Waals surface area contributed by atoms with Gasteiger partial charge in [0.2, 0.25) is 0 Å². The standard InChI is InChI=1S/C13H14N2O/c1-9(14)13(16)8-11-7-6-10-4-2-3-5-12(10)15-11/h2-7,9H,8,14H2,1H3. The summed E-state index contributed by atoms with van der Waals surface area (Å²) in [5, 5.41) is 1.08. The van der Waals surface area contributed by atoms with Gasteiger partial charge in [-0.2, -0.15) is 0 Å². The van der Waals surface area contributed by atoms with Crippen LogP contribution in [0, 0.1) is 0 Å². The molecule has 1 aromatic heterocycles. The van der Waals surface area contributed by atoms with Gasteiger partial charge >= 0.3 is 0 Å². The first-order chi connectivity index (χ1) is 7.66. The number of carbonyl (C=O) groups is 1. The van der Waals surface area contributed by atoms with Crippen LogP contribution < -0.4 is 5.73 Å². The van der Waals surface area contributed by atoms with E-state index in [0.717, 1.165) is 16.6 Å². The molecule has 0 fully saturated rings. The lowest BCUT2D eigenvalue weighted by Gasteiger charge is -2.04. The average molecular weight is 214 g/mol. The molecule has 1 heterocycles. The lowest BCUT2D eigenvalue weighted by molar-refractivity contribution is -0.119. The molecule has 16 heavy (non-hydrogen) atoms. The van der Waals surface area contributed by atoms with Crippen LogP contribution in [0.5, 0.6) is 0 Å². The van der Waals surface area contributed by atoms with Crippen LogP contribution in [0.2, 0.25) is 0 Å². The van der Waals surface area contributed by atoms with Gasteiger partial charge in [0, 0.05) is 11.1 Å². The minimum atomic E-state index is -0.423. The molecule has 3 nitrogen and oxygen atoms in total. The Morgan fingerprint density at radius 2 is 2.06 bits per heavy atom. The van der Waals surface area contributed by atoms with Crippen molar-refractivity contribution in [2.24, 2.45) is 5.73 Å². The normalized spacial score (nSPS) is 12.6. The Morgan fingerprint density at radius 1 is 1.31 bits per heavy atom. The number of pyridine rings is 1. The van der Waals surface area contributed by atoms with Gasteiger partial charge in [-0.25, -0.2) is 0 Å². The van der Waals surface area contributed by atoms with Crippen LogP contribution in [0.4, 0.5) is 0 Å². The highest BCUT2D eigenvalue weighted by molar-refractivity contribution is 5.86. The Hall–Kier alpha value is -1.74. The second-order valence-electron chi connectivity index (χ2n) is 3.93. The molecule has 0 saturated carbocycles. The Morgan fingerprint density at radius 3 is 2.81 bits per heavy atom. The van der Waals surface area contributed by atoms with Gasteiger partial charge in [0.1, 0.15) is 0 Å². The number of rotatable bonds is 3. The van der Waals surface area contributed by atoms with Crippen LogP contribution in [0.25, 0.3) is 10.9 Å². The van der Waals surface area contributed by atoms with Gasteiger partial charge in [0.25, 0.3) is 0 Å². The summed E-state index contributed by atoms with van der Waals surface area (Å²) in [7, 11) is 0. The molecule has 1 unspecified atom stereocenters. The monoisotopic (exact) mass is 214 g/mol. The molecule has 82 valence electrons. The number of hydrogen-bond acceptors (Lipinski definition) is 3. The van der Waals surface area contributed by atoms with Crippen LogP contribution >= 0.6 is 0 Å². The van der Waals surface area contributed by atoms with E-state index in [1.165, 1.54) is 0 Å². The summed E-state index contributed by atoms with van der Waals surface area (Å²) in [6.07, 6.45) is 0.308. The maximum Gasteiger partial charge on any atom is 0.155 e. The smallest absolute Gasteiger partial charge is 0.155 e. The molecule has 2 aromatic rings. The summed E-state index contributed by atoms with van der Waals surface area (Å²) in [4.78, 5) is 15.9. The Labute approximate surface area is 94.3 Å². The number of para-hydroxylation sites is 1. The van der Waals surface area contributed by atoms with Gasteiger partial charge < -0.3 is 5.73 Å². The van der Waals surface area contributed by atoms with Crippen molar-refractivity contribution >= 4 is 16.7 Å². The number of hydrogen-bond donors (Lipinski definition) is 1. The number of Topliss-reactive ketones (excluding diaryl/α,β-unsaturated/α-hetero) is 1. The average Bonchev–Trinajstić information content (AvgIpc) is 2.28. The molecule has 0 aliphatic rings. The highest BCUT2D eigenvalue weighted by Gasteiger charge is 2.09. The van der Waals surface area contributed by atoms with Crippen LogP contribution in [0.3, 0.4) is 0 Å². The topological polar surface area (TPSA) is 56.0 Å². The van der Waals surface area contributed by atoms with Crippen LogP contribution in [0.15, 0.2) is 36.4 Å². The number of benzene rings is 1. The van der Waals surface area contributed by atoms with Crippen molar-refractivity contribution in [3.05, 3.63) is 42.1 Å². The van der Waals surface area contributed by atoms with Crippen molar-refractivity contribution < 1.29 is 4.79 Å². The molecule has 0 aliphatic carbocycles. The number of fused-ring (bicyclic) bond motifs is 1. The summed E-state index contributed by atoms with van der Waals surface area (Å²) >= 11 is 0. The summed E-state index contributed by atoms with van der Waals surface area (Å²) in [6, 6.07) is 11.3. The first-order valence-corrected chi connectivity index (χ1v) is 5.30. The minimum absolute atomic E-state index is 0.0165. The Bertz CT molecular complexity index is 520. The fraction of sp³-hybridized carbons (Fsp3) is 0.231. The van der Waals surface area contributed by atoms with E-state index in [2.05, 4.69) is 4.98 Å². The van der Waals surface area contributed by atoms with E-state index >= 15 is 0 Å². The van der Waals surface area contributed by atoms with E-state index in [1.54, 1.807) is 6.92 Å². The minimum Gasteiger partial charge on any atom is -0.322 e. The first kappa shape index (κ1) is 10.8. The largest absolute Gasteiger partial charge is 0.322 e. The number of carbonyl (C=O) groups excluding carboxylic acids is 1. The molecule has 0 amide bonds. The van der Waals surface area contributed by atoms with E-state index in [4.69, 9.17) is 5.73 Å². The fourth-order valence-corrected chi connectivity index (χ4v) is 1.55. The van der Waals surface area contributed by atoms with Crippen molar-refractivity contribution in [1.82, 2.24) is 4.98 Å². The van der Waals surface area contributed by atoms with Gasteiger partial charge in [-0.1, -0.05) is 24.3 Å². The highest BCUT2D eigenvalue weighted by atomic mass is 16.1. The van der Waals surface area contributed by atoms with Gasteiger partial charge in [-0.15, -0.1) is 0 Å². The molecule has 0 spiro atoms. The fourth-order valence-electron chi connectivity index (χ4n) is 1.55. The second-order valence-corrected chi connectivity index (χ2v) is 3.93. The molecule has 2 N–H and O–H groups in total. The van der Waals surface area contributed by atoms with Crippen molar-refractivity contribution in [1.29, 1.82) is 0 Å². The van der Waals surface area contributed by atoms with Crippen molar-refractivity contribution in [2.75, 3.05) is 0 Å². The van der Waals surface area contributed by atoms with Gasteiger partial charge in [0.15, 0.2) is 5.78 Å². The molecule has 0 radical (unpaired) electrons. The molecule has 0 saturated heterocycles. The van der Waals surface area contributed by atoms with Crippen molar-refractivity contribution in [3.63, 3.8) is 0 Å². The molecular weight excluding hydrogens is 200 g/mol. The summed E-state index contributed by atoms with van der Waals surface area (Å²) < 4.78 is 0. The highest BCUT2D eigenvalue weighted by Crippen LogP contribution is 2.12. The molecule has 3 heteroatoms. The maximum absolute atomic E-state index is 11.5. The third-order valence-electron chi connectivity index (χ3n) is 2.52. The molecule has 1 aromatic carbocycles. The lowest BCUT2D eigenvalue weighted by atomic mass is 10.1. The number of nitrogens with zero attached hydrogens (tertiary/aromatic N) is 1. The number of ketones is 1. The zero-order valence-corrected chi connectivity index (χ0v) is 9.18. The SMILES string of the molecule is CC(N)C(=O)Cc1ccc2ccccc2n1. The zero-order chi connectivity index (χ0) is 11.5. The molecule has 2 rings (SSSR count). The lowest BCUT2D eigenvalue weighted by Crippen LogP contribution is -2.28. The molecular formula is C13H14N2O. The van der Waals surface area contributed by atoms with E-state index in [-0.39, 0.29) is 5.78 Å². The van der Waals surface area contributed by atoms with Crippen molar-refractivity contribution in [2.45, 2.75) is 19.4 Å². The summed E-state index contributed by atoms with van der Waals surface area (Å²) in [5.74, 6) is 0.0165. The predicted molar refractivity (Wildman–Crippen MR) is 64.1 cm³/mol. The molecule has 0 bridgehead atoms. The van der Waals surface area contributed by atoms with Crippen molar-refractivity contribution in [3.8, 4) is 0 Å². The van der Waals surface area contributed by atoms with Gasteiger partial charge in [-0.05, 0) is 19.1 Å². The van der Waals surface area contributed by atoms with Gasteiger partial charge in [0.05, 0.1) is 18.0 Å². The van der Waals surface area contributed by atoms with E-state index in [0.29, 0.717) is 6.42 Å². The second kappa shape index (κ2) is 4.41. The number of aromatic nitrogens is 1. The van der Waals surface area contributed by atoms with Gasteiger partial charge in [-0.3, -0.25) is 9.78 Å². The predicted octanol–water partition coefficient (Wildman–Crippen LogP) is 1.69. The quantitative estimate of drug-likeness (QED) is 0.846. The maximum atomic E-state index is 11.5. The van der Waals surface area contributed by atoms with Crippen LogP contribution in [0.1, 0.15) is 12.6 Å². The van der Waals surface area contributed by atoms with Crippen LogP contribution in [-0.4, -0.2) is 16.8 Å². The third kappa shape index (κ3) is 2.25. The molecule has 0 aliphatic heterocycles. The summed E-state index contributed by atoms with van der Waals surface area (Å²) in [5.41, 5.74) is 7.21. The number of nitrogens with two attached hydrogens (primary N) is 1. The van der Waals surface area contributed by atoms with E-state index in [1.807, 2.05) is 36.4 Å².